The summed E-state index contributed by atoms with van der Waals surface area (Å²) in [7, 11) is 0. The monoisotopic (exact) mass is 703 g/mol. The first-order valence-corrected chi connectivity index (χ1v) is 18.7. The first-order valence-electron chi connectivity index (χ1n) is 18.7. The topological polar surface area (TPSA) is 25.6 Å². The highest BCUT2D eigenvalue weighted by Gasteiger charge is 2.25. The second-order valence-corrected chi connectivity index (χ2v) is 14.1. The minimum Gasteiger partial charge on any atom is -0.456 e. The zero-order valence-electron chi connectivity index (χ0n) is 29.8. The fraction of sp³-hybridized carbons (Fsp3) is 0. The Morgan fingerprint density at radius 2 is 1.05 bits per heavy atom. The van der Waals surface area contributed by atoms with Gasteiger partial charge in [0, 0.05) is 27.9 Å². The molecule has 1 aliphatic rings. The molecule has 0 N–H and O–H groups in total. The van der Waals surface area contributed by atoms with Crippen molar-refractivity contribution in [2.24, 2.45) is 0 Å². The Labute approximate surface area is 318 Å². The predicted octanol–water partition coefficient (Wildman–Crippen LogP) is 15.0. The number of para-hydroxylation sites is 2. The van der Waals surface area contributed by atoms with Crippen molar-refractivity contribution >= 4 is 49.8 Å². The van der Waals surface area contributed by atoms with Crippen LogP contribution in [-0.2, 0) is 0 Å². The number of anilines is 3. The molecule has 0 atom stereocenters. The van der Waals surface area contributed by atoms with Gasteiger partial charge in [0.05, 0.1) is 11.1 Å². The Morgan fingerprint density at radius 1 is 0.364 bits per heavy atom. The van der Waals surface area contributed by atoms with E-state index < -0.39 is 0 Å². The quantitative estimate of drug-likeness (QED) is 0.178. The van der Waals surface area contributed by atoms with Crippen LogP contribution in [0.2, 0.25) is 0 Å². The van der Waals surface area contributed by atoms with Crippen LogP contribution in [0.15, 0.2) is 205 Å². The Morgan fingerprint density at radius 3 is 1.91 bits per heavy atom. The summed E-state index contributed by atoms with van der Waals surface area (Å²) in [6.07, 6.45) is 0. The van der Waals surface area contributed by atoms with Gasteiger partial charge in [0.1, 0.15) is 22.7 Å². The van der Waals surface area contributed by atoms with Gasteiger partial charge in [-0.05, 0) is 105 Å². The van der Waals surface area contributed by atoms with Crippen molar-refractivity contribution in [2.45, 2.75) is 0 Å². The van der Waals surface area contributed by atoms with Gasteiger partial charge in [-0.3, -0.25) is 0 Å². The van der Waals surface area contributed by atoms with Crippen LogP contribution >= 0.6 is 0 Å². The van der Waals surface area contributed by atoms with Gasteiger partial charge < -0.3 is 14.1 Å². The number of rotatable bonds is 5. The first kappa shape index (κ1) is 31.2. The van der Waals surface area contributed by atoms with Crippen molar-refractivity contribution in [1.82, 2.24) is 0 Å². The third kappa shape index (κ3) is 5.20. The molecule has 3 heteroatoms. The van der Waals surface area contributed by atoms with Crippen LogP contribution in [0.4, 0.5) is 17.1 Å². The van der Waals surface area contributed by atoms with E-state index in [0.29, 0.717) is 0 Å². The Hall–Kier alpha value is -7.36. The maximum absolute atomic E-state index is 6.77. The third-order valence-electron chi connectivity index (χ3n) is 10.8. The van der Waals surface area contributed by atoms with E-state index in [2.05, 4.69) is 187 Å². The number of furan rings is 1. The van der Waals surface area contributed by atoms with E-state index in [1.54, 1.807) is 0 Å². The normalized spacial score (nSPS) is 11.8. The Kier molecular flexibility index (Phi) is 7.17. The molecule has 0 saturated carbocycles. The van der Waals surface area contributed by atoms with Gasteiger partial charge >= 0.3 is 0 Å². The highest BCUT2D eigenvalue weighted by molar-refractivity contribution is 6.14. The number of benzene rings is 9. The van der Waals surface area contributed by atoms with Crippen molar-refractivity contribution in [3.05, 3.63) is 200 Å². The first-order chi connectivity index (χ1) is 27.3. The zero-order chi connectivity index (χ0) is 36.3. The lowest BCUT2D eigenvalue weighted by molar-refractivity contribution is 0.488. The number of hydrogen-bond donors (Lipinski definition) is 0. The molecule has 0 radical (unpaired) electrons. The number of fused-ring (bicyclic) bond motifs is 10. The smallest absolute Gasteiger partial charge is 0.137 e. The summed E-state index contributed by atoms with van der Waals surface area (Å²) in [6.45, 7) is 0. The molecule has 0 aliphatic carbocycles. The highest BCUT2D eigenvalue weighted by atomic mass is 16.5. The van der Waals surface area contributed by atoms with Crippen LogP contribution in [-0.4, -0.2) is 0 Å². The molecule has 1 aromatic heterocycles. The second kappa shape index (κ2) is 12.6. The molecule has 3 nitrogen and oxygen atoms in total. The van der Waals surface area contributed by atoms with Gasteiger partial charge in [0.15, 0.2) is 0 Å². The molecular formula is C52H33NO2. The number of nitrogens with zero attached hydrogens (tertiary/aromatic N) is 1. The van der Waals surface area contributed by atoms with Crippen LogP contribution in [0.25, 0.3) is 77.2 Å². The average Bonchev–Trinajstić information content (AvgIpc) is 3.57. The number of ether oxygens (including phenoxy) is 1. The third-order valence-corrected chi connectivity index (χ3v) is 10.8. The van der Waals surface area contributed by atoms with E-state index in [4.69, 9.17) is 9.15 Å². The molecule has 0 bridgehead atoms. The van der Waals surface area contributed by atoms with Crippen LogP contribution in [0.5, 0.6) is 11.5 Å². The molecular weight excluding hydrogens is 671 g/mol. The summed E-state index contributed by atoms with van der Waals surface area (Å²) in [5.41, 5.74) is 14.1. The summed E-state index contributed by atoms with van der Waals surface area (Å²) >= 11 is 0. The minimum atomic E-state index is 0.848. The van der Waals surface area contributed by atoms with Crippen LogP contribution in [0, 0.1) is 0 Å². The standard InChI is InChI=1S/C52H33NO2/c1-3-13-34(14-4-1)36-17-11-18-39(31-36)53(46-21-12-24-49-52(46)44-20-8-10-23-48(44)55-49)40-27-29-41-38(32-40)26-30-50-51(41)43-28-25-37(35-15-5-2-6-16-35)33-45(43)42-19-7-9-22-47(42)54-50/h1-33H. The van der Waals surface area contributed by atoms with Crippen LogP contribution < -0.4 is 9.64 Å². The summed E-state index contributed by atoms with van der Waals surface area (Å²) in [4.78, 5) is 2.37. The molecule has 10 aromatic rings. The molecule has 2 heterocycles. The van der Waals surface area contributed by atoms with E-state index in [-0.39, 0.29) is 0 Å². The van der Waals surface area contributed by atoms with Gasteiger partial charge in [-0.15, -0.1) is 0 Å². The molecule has 0 saturated heterocycles. The molecule has 258 valence electrons. The molecule has 0 spiro atoms. The van der Waals surface area contributed by atoms with Crippen LogP contribution in [0.3, 0.4) is 0 Å². The summed E-state index contributed by atoms with van der Waals surface area (Å²) in [5, 5.41) is 4.43. The molecule has 11 rings (SSSR count). The predicted molar refractivity (Wildman–Crippen MR) is 228 cm³/mol. The molecule has 1 aliphatic heterocycles. The Balaban J connectivity index is 1.13. The van der Waals surface area contributed by atoms with Crippen molar-refractivity contribution in [3.8, 4) is 56.0 Å². The number of hydrogen-bond acceptors (Lipinski definition) is 3. The fourth-order valence-corrected chi connectivity index (χ4v) is 8.32. The van der Waals surface area contributed by atoms with Gasteiger partial charge in [-0.1, -0.05) is 140 Å². The van der Waals surface area contributed by atoms with E-state index in [9.17, 15) is 0 Å². The SMILES string of the molecule is c1ccc(-c2cccc(N(c3ccc4c5c(ccc4c3)Oc3ccccc3-c3cc(-c4ccccc4)ccc3-5)c3cccc4oc5ccccc5c34)c2)cc1. The highest BCUT2D eigenvalue weighted by Crippen LogP contribution is 2.51. The molecule has 0 unspecified atom stereocenters. The summed E-state index contributed by atoms with van der Waals surface area (Å²) < 4.78 is 13.2. The van der Waals surface area contributed by atoms with Crippen molar-refractivity contribution in [1.29, 1.82) is 0 Å². The largest absolute Gasteiger partial charge is 0.456 e. The zero-order valence-corrected chi connectivity index (χ0v) is 29.8. The van der Waals surface area contributed by atoms with Gasteiger partial charge in [-0.25, -0.2) is 0 Å². The molecule has 0 amide bonds. The molecule has 0 fully saturated rings. The minimum absolute atomic E-state index is 0.848. The van der Waals surface area contributed by atoms with E-state index >= 15 is 0 Å². The van der Waals surface area contributed by atoms with E-state index in [1.165, 1.54) is 16.7 Å². The van der Waals surface area contributed by atoms with Gasteiger partial charge in [0.25, 0.3) is 0 Å². The maximum Gasteiger partial charge on any atom is 0.137 e. The summed E-state index contributed by atoms with van der Waals surface area (Å²) in [6, 6.07) is 70.9. The maximum atomic E-state index is 6.77. The lowest BCUT2D eigenvalue weighted by atomic mass is 9.89. The molecule has 9 aromatic carbocycles. The summed E-state index contributed by atoms with van der Waals surface area (Å²) in [5.74, 6) is 1.70. The van der Waals surface area contributed by atoms with Gasteiger partial charge in [-0.2, -0.15) is 0 Å². The lowest BCUT2D eigenvalue weighted by Gasteiger charge is -2.27. The van der Waals surface area contributed by atoms with Gasteiger partial charge in [0.2, 0.25) is 0 Å². The van der Waals surface area contributed by atoms with E-state index in [0.717, 1.165) is 89.1 Å². The fourth-order valence-electron chi connectivity index (χ4n) is 8.32. The van der Waals surface area contributed by atoms with Crippen molar-refractivity contribution < 1.29 is 9.15 Å². The van der Waals surface area contributed by atoms with Crippen molar-refractivity contribution in [3.63, 3.8) is 0 Å². The Bertz CT molecular complexity index is 3070. The van der Waals surface area contributed by atoms with E-state index in [1.807, 2.05) is 18.2 Å². The van der Waals surface area contributed by atoms with Crippen LogP contribution in [0.1, 0.15) is 0 Å². The lowest BCUT2D eigenvalue weighted by Crippen LogP contribution is -2.10. The second-order valence-electron chi connectivity index (χ2n) is 14.1. The molecule has 55 heavy (non-hydrogen) atoms. The average molecular weight is 704 g/mol. The van der Waals surface area contributed by atoms with Crippen molar-refractivity contribution in [2.75, 3.05) is 4.90 Å².